The zero-order chi connectivity index (χ0) is 30.3. The van der Waals surface area contributed by atoms with Gasteiger partial charge < -0.3 is 10.2 Å². The molecule has 0 saturated heterocycles. The standard InChI is InChI=1S/C28H30Cl2N4O6S/c1-19(2)16-31-28(36)20(3)32(17-21-12-13-22(29)14-26(21)30)27(35)18-33(23-8-7-9-24(15-23)34(37)38)41(39,40)25-10-5-4-6-11-25/h4-15,19-20H,16-18H2,1-3H3,(H,31,36)/t20-/m1/s1. The van der Waals surface area contributed by atoms with Crippen molar-refractivity contribution in [3.8, 4) is 0 Å². The largest absolute Gasteiger partial charge is 0.354 e. The molecule has 3 aromatic carbocycles. The van der Waals surface area contributed by atoms with Gasteiger partial charge in [0.05, 0.1) is 15.5 Å². The van der Waals surface area contributed by atoms with Crippen molar-refractivity contribution in [2.24, 2.45) is 5.92 Å². The van der Waals surface area contributed by atoms with E-state index in [1.165, 1.54) is 60.4 Å². The zero-order valence-electron chi connectivity index (χ0n) is 22.7. The van der Waals surface area contributed by atoms with Gasteiger partial charge in [-0.05, 0) is 48.7 Å². The molecule has 0 bridgehead atoms. The van der Waals surface area contributed by atoms with E-state index in [1.807, 2.05) is 13.8 Å². The van der Waals surface area contributed by atoms with E-state index in [9.17, 15) is 28.1 Å². The van der Waals surface area contributed by atoms with Gasteiger partial charge in [-0.2, -0.15) is 0 Å². The second kappa shape index (κ2) is 13.8. The van der Waals surface area contributed by atoms with E-state index in [1.54, 1.807) is 18.2 Å². The fraction of sp³-hybridized carbons (Fsp3) is 0.286. The molecule has 13 heteroatoms. The fourth-order valence-corrected chi connectivity index (χ4v) is 5.77. The second-order valence-electron chi connectivity index (χ2n) is 9.67. The Morgan fingerprint density at radius 1 is 0.976 bits per heavy atom. The highest BCUT2D eigenvalue weighted by atomic mass is 35.5. The smallest absolute Gasteiger partial charge is 0.271 e. The van der Waals surface area contributed by atoms with E-state index in [4.69, 9.17) is 23.2 Å². The van der Waals surface area contributed by atoms with Crippen LogP contribution in [0.3, 0.4) is 0 Å². The first-order valence-electron chi connectivity index (χ1n) is 12.6. The number of amides is 2. The molecule has 2 amide bonds. The normalized spacial score (nSPS) is 12.0. The zero-order valence-corrected chi connectivity index (χ0v) is 25.0. The molecular formula is C28H30Cl2N4O6S. The van der Waals surface area contributed by atoms with Gasteiger partial charge in [-0.3, -0.25) is 24.0 Å². The van der Waals surface area contributed by atoms with Crippen molar-refractivity contribution in [3.63, 3.8) is 0 Å². The lowest BCUT2D eigenvalue weighted by atomic mass is 10.1. The van der Waals surface area contributed by atoms with Crippen LogP contribution in [0.1, 0.15) is 26.3 Å². The average molecular weight is 622 g/mol. The lowest BCUT2D eigenvalue weighted by Crippen LogP contribution is -2.51. The van der Waals surface area contributed by atoms with Crippen LogP contribution in [0.5, 0.6) is 0 Å². The minimum atomic E-state index is -4.36. The highest BCUT2D eigenvalue weighted by Crippen LogP contribution is 2.28. The molecule has 0 heterocycles. The van der Waals surface area contributed by atoms with Crippen molar-refractivity contribution in [2.75, 3.05) is 17.4 Å². The summed E-state index contributed by atoms with van der Waals surface area (Å²) in [6, 6.07) is 16.1. The molecule has 0 aromatic heterocycles. The van der Waals surface area contributed by atoms with Crippen LogP contribution in [0.15, 0.2) is 77.7 Å². The van der Waals surface area contributed by atoms with E-state index < -0.39 is 39.3 Å². The summed E-state index contributed by atoms with van der Waals surface area (Å²) in [6.07, 6.45) is 0. The van der Waals surface area contributed by atoms with Crippen LogP contribution in [-0.2, 0) is 26.2 Å². The summed E-state index contributed by atoms with van der Waals surface area (Å²) < 4.78 is 28.3. The lowest BCUT2D eigenvalue weighted by molar-refractivity contribution is -0.384. The number of nitrogens with zero attached hydrogens (tertiary/aromatic N) is 3. The van der Waals surface area contributed by atoms with Crippen LogP contribution in [0.2, 0.25) is 10.0 Å². The van der Waals surface area contributed by atoms with E-state index in [2.05, 4.69) is 5.32 Å². The van der Waals surface area contributed by atoms with Gasteiger partial charge >= 0.3 is 0 Å². The molecule has 3 rings (SSSR count). The average Bonchev–Trinajstić information content (AvgIpc) is 2.94. The minimum absolute atomic E-state index is 0.0854. The minimum Gasteiger partial charge on any atom is -0.354 e. The monoisotopic (exact) mass is 620 g/mol. The van der Waals surface area contributed by atoms with Gasteiger partial charge in [0.15, 0.2) is 0 Å². The summed E-state index contributed by atoms with van der Waals surface area (Å²) in [6.45, 7) is 4.87. The second-order valence-corrected chi connectivity index (χ2v) is 12.4. The molecule has 1 N–H and O–H groups in total. The van der Waals surface area contributed by atoms with Crippen molar-refractivity contribution < 1.29 is 22.9 Å². The van der Waals surface area contributed by atoms with Crippen molar-refractivity contribution in [2.45, 2.75) is 38.3 Å². The first-order chi connectivity index (χ1) is 19.3. The summed E-state index contributed by atoms with van der Waals surface area (Å²) in [4.78, 5) is 38.9. The predicted octanol–water partition coefficient (Wildman–Crippen LogP) is 5.29. The number of non-ortho nitro benzene ring substituents is 1. The summed E-state index contributed by atoms with van der Waals surface area (Å²) in [5, 5.41) is 14.9. The van der Waals surface area contributed by atoms with Gasteiger partial charge in [-0.25, -0.2) is 8.42 Å². The molecule has 1 atom stereocenters. The molecule has 0 radical (unpaired) electrons. The lowest BCUT2D eigenvalue weighted by Gasteiger charge is -2.32. The highest BCUT2D eigenvalue weighted by molar-refractivity contribution is 7.92. The van der Waals surface area contributed by atoms with Crippen molar-refractivity contribution in [1.82, 2.24) is 10.2 Å². The van der Waals surface area contributed by atoms with E-state index in [0.717, 1.165) is 10.4 Å². The summed E-state index contributed by atoms with van der Waals surface area (Å²) in [5.41, 5.74) is 0.0491. The summed E-state index contributed by atoms with van der Waals surface area (Å²) >= 11 is 12.4. The number of hydrogen-bond donors (Lipinski definition) is 1. The molecular weight excluding hydrogens is 591 g/mol. The van der Waals surface area contributed by atoms with E-state index in [0.29, 0.717) is 17.1 Å². The van der Waals surface area contributed by atoms with E-state index in [-0.39, 0.29) is 33.8 Å². The predicted molar refractivity (Wildman–Crippen MR) is 158 cm³/mol. The van der Waals surface area contributed by atoms with Crippen LogP contribution < -0.4 is 9.62 Å². The highest BCUT2D eigenvalue weighted by Gasteiger charge is 2.33. The van der Waals surface area contributed by atoms with Gasteiger partial charge in [0.2, 0.25) is 11.8 Å². The number of hydrogen-bond acceptors (Lipinski definition) is 6. The Morgan fingerprint density at radius 3 is 2.27 bits per heavy atom. The Bertz CT molecular complexity index is 1520. The Kier molecular flexibility index (Phi) is 10.7. The maximum atomic E-state index is 13.9. The first kappa shape index (κ1) is 31.9. The Labute approximate surface area is 249 Å². The molecule has 10 nitrogen and oxygen atoms in total. The topological polar surface area (TPSA) is 130 Å². The number of halogens is 2. The Hall–Kier alpha value is -3.67. The van der Waals surface area contributed by atoms with Crippen LogP contribution in [-0.4, -0.2) is 49.2 Å². The third-order valence-electron chi connectivity index (χ3n) is 6.15. The molecule has 0 fully saturated rings. The number of rotatable bonds is 12. The number of carbonyl (C=O) groups is 2. The van der Waals surface area contributed by atoms with E-state index >= 15 is 0 Å². The number of carbonyl (C=O) groups excluding carboxylic acids is 2. The molecule has 3 aromatic rings. The first-order valence-corrected chi connectivity index (χ1v) is 14.8. The van der Waals surface area contributed by atoms with Gasteiger partial charge in [0.25, 0.3) is 15.7 Å². The van der Waals surface area contributed by atoms with Crippen molar-refractivity contribution in [3.05, 3.63) is 98.5 Å². The summed E-state index contributed by atoms with van der Waals surface area (Å²) in [7, 11) is -4.36. The Morgan fingerprint density at radius 2 is 1.66 bits per heavy atom. The number of nitrogens with one attached hydrogen (secondary N) is 1. The fourth-order valence-electron chi connectivity index (χ4n) is 3.88. The maximum absolute atomic E-state index is 13.9. The van der Waals surface area contributed by atoms with Crippen LogP contribution in [0, 0.1) is 16.0 Å². The number of nitro benzene ring substituents is 1. The molecule has 0 aliphatic carbocycles. The van der Waals surface area contributed by atoms with Crippen molar-refractivity contribution in [1.29, 1.82) is 0 Å². The molecule has 41 heavy (non-hydrogen) atoms. The van der Waals surface area contributed by atoms with Crippen LogP contribution >= 0.6 is 23.2 Å². The molecule has 0 saturated carbocycles. The number of nitro groups is 1. The summed E-state index contributed by atoms with van der Waals surface area (Å²) in [5.74, 6) is -1.01. The quantitative estimate of drug-likeness (QED) is 0.216. The van der Waals surface area contributed by atoms with Gasteiger partial charge in [0, 0.05) is 35.3 Å². The van der Waals surface area contributed by atoms with Gasteiger partial charge in [0.1, 0.15) is 12.6 Å². The van der Waals surface area contributed by atoms with Crippen LogP contribution in [0.4, 0.5) is 11.4 Å². The Balaban J connectivity index is 2.07. The van der Waals surface area contributed by atoms with Gasteiger partial charge in [-0.1, -0.05) is 67.4 Å². The molecule has 0 aliphatic rings. The number of sulfonamides is 1. The third-order valence-corrected chi connectivity index (χ3v) is 8.52. The number of benzene rings is 3. The number of anilines is 1. The van der Waals surface area contributed by atoms with Gasteiger partial charge in [-0.15, -0.1) is 0 Å². The molecule has 0 unspecified atom stereocenters. The maximum Gasteiger partial charge on any atom is 0.271 e. The van der Waals surface area contributed by atoms with Crippen LogP contribution in [0.25, 0.3) is 0 Å². The van der Waals surface area contributed by atoms with Crippen molar-refractivity contribution >= 4 is 56.4 Å². The molecule has 218 valence electrons. The SMILES string of the molecule is CC(C)CNC(=O)[C@@H](C)N(Cc1ccc(Cl)cc1Cl)C(=O)CN(c1cccc([N+](=O)[O-])c1)S(=O)(=O)c1ccccc1. The third kappa shape index (κ3) is 8.18. The molecule has 0 spiro atoms. The molecule has 0 aliphatic heterocycles.